The quantitative estimate of drug-likeness (QED) is 0.738. The van der Waals surface area contributed by atoms with Gasteiger partial charge < -0.3 is 4.57 Å². The van der Waals surface area contributed by atoms with Crippen molar-refractivity contribution in [1.82, 2.24) is 9.55 Å². The molecule has 0 atom stereocenters. The first-order chi connectivity index (χ1) is 10.7. The molecule has 0 aliphatic carbocycles. The molecule has 1 N–H and O–H groups in total. The van der Waals surface area contributed by atoms with Crippen molar-refractivity contribution in [3.8, 4) is 0 Å². The number of carbonyl (C=O) groups excluding carboxylic acids is 1. The van der Waals surface area contributed by atoms with E-state index in [1.165, 1.54) is 23.5 Å². The van der Waals surface area contributed by atoms with E-state index in [1.807, 2.05) is 23.6 Å². The zero-order chi connectivity index (χ0) is 15.5. The van der Waals surface area contributed by atoms with Crippen LogP contribution in [-0.4, -0.2) is 15.5 Å². The molecule has 4 nitrogen and oxygen atoms in total. The Morgan fingerprint density at radius 1 is 1.50 bits per heavy atom. The largest absolute Gasteiger partial charge is 0.343 e. The molecule has 0 saturated heterocycles. The SMILES string of the molecule is C/C=C/Cn1cc(C(=O)Nc2nccs2)c2ccc(F)cc21. The van der Waals surface area contributed by atoms with Crippen molar-refractivity contribution in [2.75, 3.05) is 5.32 Å². The number of hydrogen-bond donors (Lipinski definition) is 1. The van der Waals surface area contributed by atoms with Crippen molar-refractivity contribution in [3.05, 3.63) is 59.5 Å². The van der Waals surface area contributed by atoms with Gasteiger partial charge in [0.15, 0.2) is 5.13 Å². The summed E-state index contributed by atoms with van der Waals surface area (Å²) in [7, 11) is 0. The Labute approximate surface area is 130 Å². The van der Waals surface area contributed by atoms with E-state index in [2.05, 4.69) is 10.3 Å². The zero-order valence-electron chi connectivity index (χ0n) is 11.9. The molecule has 6 heteroatoms. The third kappa shape index (κ3) is 2.78. The van der Waals surface area contributed by atoms with E-state index in [9.17, 15) is 9.18 Å². The van der Waals surface area contributed by atoms with Crippen LogP contribution in [0.4, 0.5) is 9.52 Å². The number of fused-ring (bicyclic) bond motifs is 1. The van der Waals surface area contributed by atoms with E-state index in [1.54, 1.807) is 23.8 Å². The van der Waals surface area contributed by atoms with E-state index >= 15 is 0 Å². The number of thiazole rings is 1. The number of amides is 1. The van der Waals surface area contributed by atoms with Gasteiger partial charge in [-0.3, -0.25) is 10.1 Å². The van der Waals surface area contributed by atoms with E-state index < -0.39 is 0 Å². The van der Waals surface area contributed by atoms with Gasteiger partial charge in [0.1, 0.15) is 5.82 Å². The fraction of sp³-hybridized carbons (Fsp3) is 0.125. The van der Waals surface area contributed by atoms with Crippen LogP contribution in [-0.2, 0) is 6.54 Å². The first-order valence-corrected chi connectivity index (χ1v) is 7.67. The number of hydrogen-bond acceptors (Lipinski definition) is 3. The fourth-order valence-corrected chi connectivity index (χ4v) is 2.79. The Morgan fingerprint density at radius 3 is 3.09 bits per heavy atom. The van der Waals surface area contributed by atoms with Crippen LogP contribution >= 0.6 is 11.3 Å². The predicted molar refractivity (Wildman–Crippen MR) is 86.8 cm³/mol. The van der Waals surface area contributed by atoms with Gasteiger partial charge >= 0.3 is 0 Å². The second-order valence-electron chi connectivity index (χ2n) is 4.72. The second-order valence-corrected chi connectivity index (χ2v) is 5.61. The first kappa shape index (κ1) is 14.5. The van der Waals surface area contributed by atoms with Gasteiger partial charge in [0.25, 0.3) is 5.91 Å². The smallest absolute Gasteiger partial charge is 0.259 e. The number of aromatic nitrogens is 2. The number of nitrogens with one attached hydrogen (secondary N) is 1. The summed E-state index contributed by atoms with van der Waals surface area (Å²) in [5.41, 5.74) is 1.21. The molecule has 1 aromatic carbocycles. The topological polar surface area (TPSA) is 46.9 Å². The molecule has 0 saturated carbocycles. The average Bonchev–Trinajstić information content (AvgIpc) is 3.12. The van der Waals surface area contributed by atoms with Crippen LogP contribution in [0.3, 0.4) is 0 Å². The standard InChI is InChI=1S/C16H14FN3OS/c1-2-3-7-20-10-13(12-5-4-11(17)9-14(12)20)15(21)19-16-18-6-8-22-16/h2-6,8-10H,7H2,1H3,(H,18,19,21)/b3-2+. The molecular weight excluding hydrogens is 301 g/mol. The maximum atomic E-state index is 13.5. The average molecular weight is 315 g/mol. The molecule has 112 valence electrons. The van der Waals surface area contributed by atoms with Crippen LogP contribution < -0.4 is 5.32 Å². The Kier molecular flexibility index (Phi) is 4.02. The number of nitrogens with zero attached hydrogens (tertiary/aromatic N) is 2. The lowest BCUT2D eigenvalue weighted by Gasteiger charge is -2.00. The fourth-order valence-electron chi connectivity index (χ4n) is 2.27. The molecule has 1 amide bonds. The third-order valence-electron chi connectivity index (χ3n) is 3.28. The highest BCUT2D eigenvalue weighted by molar-refractivity contribution is 7.13. The maximum absolute atomic E-state index is 13.5. The molecule has 2 heterocycles. The Morgan fingerprint density at radius 2 is 2.36 bits per heavy atom. The zero-order valence-corrected chi connectivity index (χ0v) is 12.7. The summed E-state index contributed by atoms with van der Waals surface area (Å²) in [4.78, 5) is 16.5. The van der Waals surface area contributed by atoms with Crippen molar-refractivity contribution < 1.29 is 9.18 Å². The highest BCUT2D eigenvalue weighted by atomic mass is 32.1. The minimum Gasteiger partial charge on any atom is -0.343 e. The lowest BCUT2D eigenvalue weighted by atomic mass is 10.1. The molecule has 3 aromatic rings. The van der Waals surface area contributed by atoms with E-state index in [0.29, 0.717) is 22.8 Å². The molecule has 0 aliphatic heterocycles. The molecule has 0 unspecified atom stereocenters. The monoisotopic (exact) mass is 315 g/mol. The number of allylic oxidation sites excluding steroid dienone is 2. The summed E-state index contributed by atoms with van der Waals surface area (Å²) < 4.78 is 15.4. The maximum Gasteiger partial charge on any atom is 0.259 e. The molecule has 0 radical (unpaired) electrons. The van der Waals surface area contributed by atoms with Gasteiger partial charge in [-0.15, -0.1) is 11.3 Å². The lowest BCUT2D eigenvalue weighted by Crippen LogP contribution is -2.11. The molecule has 3 rings (SSSR count). The minimum atomic E-state index is -0.320. The number of benzene rings is 1. The van der Waals surface area contributed by atoms with Gasteiger partial charge in [0.2, 0.25) is 0 Å². The first-order valence-electron chi connectivity index (χ1n) is 6.79. The van der Waals surface area contributed by atoms with Gasteiger partial charge in [0, 0.05) is 29.7 Å². The van der Waals surface area contributed by atoms with Gasteiger partial charge in [0.05, 0.1) is 11.1 Å². The highest BCUT2D eigenvalue weighted by Gasteiger charge is 2.16. The van der Waals surface area contributed by atoms with Gasteiger partial charge in [-0.25, -0.2) is 9.37 Å². The van der Waals surface area contributed by atoms with Crippen molar-refractivity contribution in [2.24, 2.45) is 0 Å². The number of rotatable bonds is 4. The lowest BCUT2D eigenvalue weighted by molar-refractivity contribution is 0.102. The molecule has 0 aliphatic rings. The van der Waals surface area contributed by atoms with Crippen LogP contribution in [0.15, 0.2) is 48.1 Å². The van der Waals surface area contributed by atoms with Crippen LogP contribution in [0.5, 0.6) is 0 Å². The molecule has 0 bridgehead atoms. The normalized spacial score (nSPS) is 11.4. The van der Waals surface area contributed by atoms with Crippen LogP contribution in [0.1, 0.15) is 17.3 Å². The molecule has 0 fully saturated rings. The highest BCUT2D eigenvalue weighted by Crippen LogP contribution is 2.24. The Bertz CT molecular complexity index is 837. The summed E-state index contributed by atoms with van der Waals surface area (Å²) in [5, 5.41) is 5.81. The van der Waals surface area contributed by atoms with Gasteiger partial charge in [-0.05, 0) is 25.1 Å². The predicted octanol–water partition coefficient (Wildman–Crippen LogP) is 4.07. The van der Waals surface area contributed by atoms with Crippen molar-refractivity contribution in [2.45, 2.75) is 13.5 Å². The Hall–Kier alpha value is -2.47. The summed E-state index contributed by atoms with van der Waals surface area (Å²) in [6, 6.07) is 4.44. The van der Waals surface area contributed by atoms with Gasteiger partial charge in [-0.1, -0.05) is 12.2 Å². The summed E-state index contributed by atoms with van der Waals surface area (Å²) in [6.07, 6.45) is 7.24. The van der Waals surface area contributed by atoms with Crippen LogP contribution in [0.25, 0.3) is 10.9 Å². The van der Waals surface area contributed by atoms with Crippen molar-refractivity contribution >= 4 is 33.3 Å². The number of anilines is 1. The summed E-state index contributed by atoms with van der Waals surface area (Å²) in [5.74, 6) is -0.565. The molecular formula is C16H14FN3OS. The minimum absolute atomic E-state index is 0.245. The Balaban J connectivity index is 2.03. The van der Waals surface area contributed by atoms with E-state index in [0.717, 1.165) is 5.39 Å². The molecule has 22 heavy (non-hydrogen) atoms. The van der Waals surface area contributed by atoms with E-state index in [-0.39, 0.29) is 11.7 Å². The number of carbonyl (C=O) groups is 1. The summed E-state index contributed by atoms with van der Waals surface area (Å²) in [6.45, 7) is 2.50. The van der Waals surface area contributed by atoms with Crippen LogP contribution in [0, 0.1) is 5.82 Å². The summed E-state index contributed by atoms with van der Waals surface area (Å²) >= 11 is 1.35. The van der Waals surface area contributed by atoms with Gasteiger partial charge in [-0.2, -0.15) is 0 Å². The van der Waals surface area contributed by atoms with Crippen LogP contribution in [0.2, 0.25) is 0 Å². The number of halogens is 1. The second kappa shape index (κ2) is 6.11. The molecule has 2 aromatic heterocycles. The molecule has 0 spiro atoms. The van der Waals surface area contributed by atoms with E-state index in [4.69, 9.17) is 0 Å². The van der Waals surface area contributed by atoms with Crippen molar-refractivity contribution in [1.29, 1.82) is 0 Å². The third-order valence-corrected chi connectivity index (χ3v) is 3.97. The van der Waals surface area contributed by atoms with Crippen molar-refractivity contribution in [3.63, 3.8) is 0 Å².